The Morgan fingerprint density at radius 1 is 1.15 bits per heavy atom. The molecule has 1 N–H and O–H groups in total. The maximum Gasteiger partial charge on any atom is 0.254 e. The van der Waals surface area contributed by atoms with E-state index in [2.05, 4.69) is 5.32 Å². The molecule has 0 bridgehead atoms. The molecule has 1 aliphatic rings. The van der Waals surface area contributed by atoms with Crippen LogP contribution in [0.15, 0.2) is 42.5 Å². The predicted octanol–water partition coefficient (Wildman–Crippen LogP) is 4.64. The zero-order valence-electron chi connectivity index (χ0n) is 14.9. The number of hydrogen-bond donors (Lipinski definition) is 1. The molecule has 5 nitrogen and oxygen atoms in total. The maximum atomic E-state index is 12.9. The number of amides is 2. The van der Waals surface area contributed by atoms with Crippen molar-refractivity contribution in [2.45, 2.75) is 25.8 Å². The summed E-state index contributed by atoms with van der Waals surface area (Å²) >= 11 is 12.0. The van der Waals surface area contributed by atoms with Crippen LogP contribution in [0, 0.1) is 0 Å². The van der Waals surface area contributed by atoms with Crippen molar-refractivity contribution in [1.82, 2.24) is 4.90 Å². The van der Waals surface area contributed by atoms with Gasteiger partial charge in [-0.2, -0.15) is 0 Å². The third kappa shape index (κ3) is 4.73. The van der Waals surface area contributed by atoms with Gasteiger partial charge >= 0.3 is 0 Å². The molecule has 1 aliphatic heterocycles. The van der Waals surface area contributed by atoms with Gasteiger partial charge in [0.25, 0.3) is 5.91 Å². The summed E-state index contributed by atoms with van der Waals surface area (Å²) in [5.41, 5.74) is 1.04. The standard InChI is InChI=1S/C20H20Cl2N2O3/c1-2-27-17-7-5-13(6-8-17)20(26)24-9-3-4-18(24)19(25)23-16-11-14(21)10-15(22)12-16/h5-8,10-12,18H,2-4,9H2,1H3,(H,23,25). The number of anilines is 1. The predicted molar refractivity (Wildman–Crippen MR) is 107 cm³/mol. The first-order valence-corrected chi connectivity index (χ1v) is 9.54. The lowest BCUT2D eigenvalue weighted by Gasteiger charge is -2.24. The molecule has 1 fully saturated rings. The van der Waals surface area contributed by atoms with Gasteiger partial charge in [0.15, 0.2) is 0 Å². The number of carbonyl (C=O) groups excluding carboxylic acids is 2. The average molecular weight is 407 g/mol. The zero-order valence-corrected chi connectivity index (χ0v) is 16.4. The maximum absolute atomic E-state index is 12.9. The Kier molecular flexibility index (Phi) is 6.24. The molecular formula is C20H20Cl2N2O3. The van der Waals surface area contributed by atoms with Crippen molar-refractivity contribution >= 4 is 40.7 Å². The largest absolute Gasteiger partial charge is 0.494 e. The van der Waals surface area contributed by atoms with Gasteiger partial charge < -0.3 is 15.0 Å². The van der Waals surface area contributed by atoms with E-state index in [4.69, 9.17) is 27.9 Å². The van der Waals surface area contributed by atoms with E-state index in [1.807, 2.05) is 6.92 Å². The quantitative estimate of drug-likeness (QED) is 0.786. The average Bonchev–Trinajstić information content (AvgIpc) is 3.11. The normalized spacial score (nSPS) is 16.3. The summed E-state index contributed by atoms with van der Waals surface area (Å²) in [7, 11) is 0. The van der Waals surface area contributed by atoms with Crippen molar-refractivity contribution in [2.24, 2.45) is 0 Å². The summed E-state index contributed by atoms with van der Waals surface area (Å²) in [6.07, 6.45) is 1.39. The lowest BCUT2D eigenvalue weighted by molar-refractivity contribution is -0.119. The van der Waals surface area contributed by atoms with Crippen molar-refractivity contribution in [3.05, 3.63) is 58.1 Å². The summed E-state index contributed by atoms with van der Waals surface area (Å²) in [6.45, 7) is 3.01. The number of carbonyl (C=O) groups is 2. The number of halogens is 2. The zero-order chi connectivity index (χ0) is 19.4. The van der Waals surface area contributed by atoms with Gasteiger partial charge in [0, 0.05) is 27.8 Å². The Labute approximate surface area is 168 Å². The van der Waals surface area contributed by atoms with Crippen LogP contribution in [0.1, 0.15) is 30.1 Å². The molecule has 0 aromatic heterocycles. The Balaban J connectivity index is 1.71. The van der Waals surface area contributed by atoms with Gasteiger partial charge in [-0.15, -0.1) is 0 Å². The highest BCUT2D eigenvalue weighted by Crippen LogP contribution is 2.25. The molecule has 142 valence electrons. The number of hydrogen-bond acceptors (Lipinski definition) is 3. The molecule has 1 heterocycles. The minimum Gasteiger partial charge on any atom is -0.494 e. The number of benzene rings is 2. The number of ether oxygens (including phenoxy) is 1. The number of likely N-dealkylation sites (tertiary alicyclic amines) is 1. The van der Waals surface area contributed by atoms with E-state index in [1.165, 1.54) is 0 Å². The van der Waals surface area contributed by atoms with Crippen molar-refractivity contribution in [1.29, 1.82) is 0 Å². The fraction of sp³-hybridized carbons (Fsp3) is 0.300. The summed E-state index contributed by atoms with van der Waals surface area (Å²) in [5.74, 6) is 0.299. The fourth-order valence-corrected chi connectivity index (χ4v) is 3.69. The van der Waals surface area contributed by atoms with Crippen LogP contribution in [-0.4, -0.2) is 35.9 Å². The lowest BCUT2D eigenvalue weighted by atomic mass is 10.1. The van der Waals surface area contributed by atoms with E-state index < -0.39 is 6.04 Å². The van der Waals surface area contributed by atoms with Crippen LogP contribution in [-0.2, 0) is 4.79 Å². The molecule has 2 amide bonds. The van der Waals surface area contributed by atoms with Crippen LogP contribution in [0.2, 0.25) is 10.0 Å². The number of nitrogens with zero attached hydrogens (tertiary/aromatic N) is 1. The van der Waals surface area contributed by atoms with E-state index in [0.29, 0.717) is 46.6 Å². The molecule has 3 rings (SSSR count). The Morgan fingerprint density at radius 2 is 1.81 bits per heavy atom. The van der Waals surface area contributed by atoms with E-state index >= 15 is 0 Å². The van der Waals surface area contributed by atoms with Gasteiger partial charge in [-0.3, -0.25) is 9.59 Å². The van der Waals surface area contributed by atoms with Crippen molar-refractivity contribution < 1.29 is 14.3 Å². The smallest absolute Gasteiger partial charge is 0.254 e. The third-order valence-corrected chi connectivity index (χ3v) is 4.80. The minimum absolute atomic E-state index is 0.167. The van der Waals surface area contributed by atoms with Gasteiger partial charge in [-0.25, -0.2) is 0 Å². The molecule has 27 heavy (non-hydrogen) atoms. The van der Waals surface area contributed by atoms with Gasteiger partial charge in [-0.05, 0) is 62.2 Å². The van der Waals surface area contributed by atoms with Gasteiger partial charge in [0.1, 0.15) is 11.8 Å². The van der Waals surface area contributed by atoms with Crippen LogP contribution in [0.4, 0.5) is 5.69 Å². The molecular weight excluding hydrogens is 387 g/mol. The van der Waals surface area contributed by atoms with Gasteiger partial charge in [0.05, 0.1) is 6.61 Å². The molecule has 7 heteroatoms. The van der Waals surface area contributed by atoms with E-state index in [9.17, 15) is 9.59 Å². The highest BCUT2D eigenvalue weighted by atomic mass is 35.5. The minimum atomic E-state index is -0.526. The van der Waals surface area contributed by atoms with Crippen LogP contribution in [0.5, 0.6) is 5.75 Å². The molecule has 0 spiro atoms. The fourth-order valence-electron chi connectivity index (χ4n) is 3.16. The second kappa shape index (κ2) is 8.63. The second-order valence-electron chi connectivity index (χ2n) is 6.26. The summed E-state index contributed by atoms with van der Waals surface area (Å²) in [5, 5.41) is 3.68. The van der Waals surface area contributed by atoms with Gasteiger partial charge in [0.2, 0.25) is 5.91 Å². The van der Waals surface area contributed by atoms with Crippen LogP contribution in [0.25, 0.3) is 0 Å². The number of nitrogens with one attached hydrogen (secondary N) is 1. The van der Waals surface area contributed by atoms with Gasteiger partial charge in [-0.1, -0.05) is 23.2 Å². The van der Waals surface area contributed by atoms with E-state index in [-0.39, 0.29) is 11.8 Å². The first-order valence-electron chi connectivity index (χ1n) is 8.78. The van der Waals surface area contributed by atoms with E-state index in [0.717, 1.165) is 6.42 Å². The molecule has 0 radical (unpaired) electrons. The molecule has 1 atom stereocenters. The molecule has 1 unspecified atom stereocenters. The summed E-state index contributed by atoms with van der Waals surface area (Å²) in [6, 6.07) is 11.3. The second-order valence-corrected chi connectivity index (χ2v) is 7.13. The summed E-state index contributed by atoms with van der Waals surface area (Å²) < 4.78 is 5.40. The lowest BCUT2D eigenvalue weighted by Crippen LogP contribution is -2.43. The van der Waals surface area contributed by atoms with Crippen LogP contribution in [0.3, 0.4) is 0 Å². The third-order valence-electron chi connectivity index (χ3n) is 4.36. The highest BCUT2D eigenvalue weighted by molar-refractivity contribution is 6.35. The molecule has 2 aromatic carbocycles. The van der Waals surface area contributed by atoms with Crippen molar-refractivity contribution in [3.63, 3.8) is 0 Å². The molecule has 0 aliphatic carbocycles. The monoisotopic (exact) mass is 406 g/mol. The van der Waals surface area contributed by atoms with Crippen LogP contribution < -0.4 is 10.1 Å². The molecule has 0 saturated carbocycles. The molecule has 1 saturated heterocycles. The Hall–Kier alpha value is -2.24. The van der Waals surface area contributed by atoms with Crippen molar-refractivity contribution in [3.8, 4) is 5.75 Å². The van der Waals surface area contributed by atoms with Crippen LogP contribution >= 0.6 is 23.2 Å². The number of rotatable bonds is 5. The SMILES string of the molecule is CCOc1ccc(C(=O)N2CCCC2C(=O)Nc2cc(Cl)cc(Cl)c2)cc1. The Bertz CT molecular complexity index is 819. The first kappa shape index (κ1) is 19.5. The van der Waals surface area contributed by atoms with E-state index in [1.54, 1.807) is 47.4 Å². The highest BCUT2D eigenvalue weighted by Gasteiger charge is 2.34. The summed E-state index contributed by atoms with van der Waals surface area (Å²) in [4.78, 5) is 27.2. The van der Waals surface area contributed by atoms with Crippen molar-refractivity contribution in [2.75, 3.05) is 18.5 Å². The molecule has 2 aromatic rings. The topological polar surface area (TPSA) is 58.6 Å². The first-order chi connectivity index (χ1) is 13.0. The Morgan fingerprint density at radius 3 is 2.44 bits per heavy atom.